The number of carboxylic acids is 1. The van der Waals surface area contributed by atoms with Gasteiger partial charge in [-0.25, -0.2) is 9.18 Å². The molecular formula is C17H21FN2O4. The van der Waals surface area contributed by atoms with Gasteiger partial charge in [-0.05, 0) is 24.8 Å². The van der Waals surface area contributed by atoms with E-state index < -0.39 is 17.2 Å². The molecule has 0 radical (unpaired) electrons. The summed E-state index contributed by atoms with van der Waals surface area (Å²) in [6.07, 6.45) is 2.34. The third-order valence-electron chi connectivity index (χ3n) is 5.27. The van der Waals surface area contributed by atoms with Crippen LogP contribution in [0.5, 0.6) is 5.75 Å². The van der Waals surface area contributed by atoms with Crippen molar-refractivity contribution in [3.8, 4) is 5.75 Å². The Hall–Kier alpha value is -2.31. The predicted octanol–water partition coefficient (Wildman–Crippen LogP) is 2.23. The van der Waals surface area contributed by atoms with Crippen LogP contribution in [0, 0.1) is 17.2 Å². The number of methoxy groups -OCH3 is 1. The number of likely N-dealkylation sites (tertiary alicyclic amines) is 1. The number of nitrogens with zero attached hydrogens (tertiary/aromatic N) is 1. The summed E-state index contributed by atoms with van der Waals surface area (Å²) in [5.41, 5.74) is -0.445. The molecule has 1 aromatic carbocycles. The molecule has 1 aliphatic heterocycles. The Morgan fingerprint density at radius 2 is 2.29 bits per heavy atom. The van der Waals surface area contributed by atoms with E-state index in [1.807, 2.05) is 0 Å². The van der Waals surface area contributed by atoms with Crippen LogP contribution in [0.3, 0.4) is 0 Å². The number of benzene rings is 1. The number of urea groups is 1. The Morgan fingerprint density at radius 3 is 2.92 bits per heavy atom. The van der Waals surface area contributed by atoms with Gasteiger partial charge in [-0.3, -0.25) is 4.79 Å². The van der Waals surface area contributed by atoms with Crippen molar-refractivity contribution in [1.29, 1.82) is 0 Å². The Balaban J connectivity index is 1.61. The zero-order chi connectivity index (χ0) is 17.3. The Kier molecular flexibility index (Phi) is 4.34. The van der Waals surface area contributed by atoms with Crippen LogP contribution in [0.25, 0.3) is 0 Å². The second-order valence-electron chi connectivity index (χ2n) is 6.55. The van der Waals surface area contributed by atoms with E-state index in [1.54, 1.807) is 17.0 Å². The van der Waals surface area contributed by atoms with Crippen LogP contribution in [0.1, 0.15) is 24.8 Å². The number of ether oxygens (including phenoxy) is 1. The summed E-state index contributed by atoms with van der Waals surface area (Å²) in [5.74, 6) is -0.840. The maximum atomic E-state index is 13.9. The topological polar surface area (TPSA) is 78.9 Å². The lowest BCUT2D eigenvalue weighted by Crippen LogP contribution is -2.41. The minimum absolute atomic E-state index is 0.0125. The molecule has 2 N–H and O–H groups in total. The number of aliphatic carboxylic acids is 1. The lowest BCUT2D eigenvalue weighted by Gasteiger charge is -2.23. The number of carboxylic acid groups (broad SMARTS) is 1. The summed E-state index contributed by atoms with van der Waals surface area (Å²) >= 11 is 0. The van der Waals surface area contributed by atoms with Crippen molar-refractivity contribution in [2.45, 2.75) is 25.8 Å². The molecular weight excluding hydrogens is 315 g/mol. The minimum atomic E-state index is -0.818. The molecule has 1 saturated carbocycles. The highest BCUT2D eigenvalue weighted by Gasteiger charge is 2.55. The second kappa shape index (κ2) is 6.30. The maximum Gasteiger partial charge on any atom is 0.317 e. The first-order valence-electron chi connectivity index (χ1n) is 8.05. The van der Waals surface area contributed by atoms with E-state index in [9.17, 15) is 19.1 Å². The van der Waals surface area contributed by atoms with Crippen LogP contribution in [-0.4, -0.2) is 42.2 Å². The molecule has 0 bridgehead atoms. The van der Waals surface area contributed by atoms with Gasteiger partial charge in [0.05, 0.1) is 12.5 Å². The summed E-state index contributed by atoms with van der Waals surface area (Å²) < 4.78 is 18.8. The van der Waals surface area contributed by atoms with Gasteiger partial charge in [0.1, 0.15) is 11.6 Å². The lowest BCUT2D eigenvalue weighted by molar-refractivity contribution is -0.149. The second-order valence-corrected chi connectivity index (χ2v) is 6.55. The fourth-order valence-electron chi connectivity index (χ4n) is 3.87. The number of carbonyl (C=O) groups excluding carboxylic acids is 1. The minimum Gasteiger partial charge on any atom is -0.497 e. The van der Waals surface area contributed by atoms with E-state index in [0.29, 0.717) is 24.3 Å². The number of halogens is 1. The van der Waals surface area contributed by atoms with E-state index in [2.05, 4.69) is 5.32 Å². The average molecular weight is 336 g/mol. The average Bonchev–Trinajstić information content (AvgIpc) is 3.11. The molecule has 1 aliphatic carbocycles. The smallest absolute Gasteiger partial charge is 0.317 e. The van der Waals surface area contributed by atoms with Gasteiger partial charge < -0.3 is 20.1 Å². The quantitative estimate of drug-likeness (QED) is 0.884. The summed E-state index contributed by atoms with van der Waals surface area (Å²) in [5, 5.41) is 12.2. The molecule has 2 fully saturated rings. The number of amides is 2. The normalized spacial score (nSPS) is 25.4. The molecule has 24 heavy (non-hydrogen) atoms. The summed E-state index contributed by atoms with van der Waals surface area (Å²) in [6.45, 7) is 0.725. The highest BCUT2D eigenvalue weighted by Crippen LogP contribution is 2.48. The number of hydrogen-bond acceptors (Lipinski definition) is 3. The zero-order valence-electron chi connectivity index (χ0n) is 13.5. The molecule has 1 aromatic rings. The van der Waals surface area contributed by atoms with Gasteiger partial charge in [0, 0.05) is 31.3 Å². The summed E-state index contributed by atoms with van der Waals surface area (Å²) in [7, 11) is 1.46. The van der Waals surface area contributed by atoms with E-state index in [4.69, 9.17) is 4.74 Å². The van der Waals surface area contributed by atoms with Crippen molar-refractivity contribution >= 4 is 12.0 Å². The van der Waals surface area contributed by atoms with Gasteiger partial charge in [0.15, 0.2) is 0 Å². The first kappa shape index (κ1) is 16.5. The third kappa shape index (κ3) is 2.79. The first-order chi connectivity index (χ1) is 11.5. The maximum absolute atomic E-state index is 13.9. The van der Waals surface area contributed by atoms with Crippen LogP contribution in [0.4, 0.5) is 9.18 Å². The van der Waals surface area contributed by atoms with Crippen molar-refractivity contribution < 1.29 is 23.8 Å². The van der Waals surface area contributed by atoms with Gasteiger partial charge in [-0.2, -0.15) is 0 Å². The highest BCUT2D eigenvalue weighted by molar-refractivity contribution is 5.80. The van der Waals surface area contributed by atoms with Gasteiger partial charge in [-0.1, -0.05) is 12.5 Å². The van der Waals surface area contributed by atoms with Gasteiger partial charge in [-0.15, -0.1) is 0 Å². The van der Waals surface area contributed by atoms with Gasteiger partial charge in [0.25, 0.3) is 0 Å². The molecule has 3 rings (SSSR count). The van der Waals surface area contributed by atoms with Gasteiger partial charge >= 0.3 is 12.0 Å². The van der Waals surface area contributed by atoms with E-state index in [0.717, 1.165) is 12.8 Å². The zero-order valence-corrected chi connectivity index (χ0v) is 13.5. The van der Waals surface area contributed by atoms with Crippen LogP contribution < -0.4 is 10.1 Å². The largest absolute Gasteiger partial charge is 0.497 e. The summed E-state index contributed by atoms with van der Waals surface area (Å²) in [4.78, 5) is 25.5. The molecule has 2 atom stereocenters. The van der Waals surface area contributed by atoms with E-state index in [-0.39, 0.29) is 25.0 Å². The molecule has 2 amide bonds. The van der Waals surface area contributed by atoms with Crippen molar-refractivity contribution in [3.05, 3.63) is 29.6 Å². The standard InChI is InChI=1S/C17H21FN2O4/c1-24-13-5-4-11(14(18)7-13)8-19-16(23)20-9-12-3-2-6-17(12,10-20)15(21)22/h4-5,7,12H,2-3,6,8-10H2,1H3,(H,19,23)(H,21,22)/t12-,17+/m0/s1. The molecule has 7 heteroatoms. The SMILES string of the molecule is COc1ccc(CNC(=O)N2C[C@@H]3CCC[C@@]3(C(=O)O)C2)c(F)c1. The Morgan fingerprint density at radius 1 is 1.50 bits per heavy atom. The number of carbonyl (C=O) groups is 2. The fraction of sp³-hybridized carbons (Fsp3) is 0.529. The summed E-state index contributed by atoms with van der Waals surface area (Å²) in [6, 6.07) is 4.11. The number of nitrogens with one attached hydrogen (secondary N) is 1. The van der Waals surface area contributed by atoms with Crippen LogP contribution >= 0.6 is 0 Å². The third-order valence-corrected chi connectivity index (χ3v) is 5.27. The van der Waals surface area contributed by atoms with Crippen molar-refractivity contribution in [3.63, 3.8) is 0 Å². The molecule has 1 heterocycles. The number of hydrogen-bond donors (Lipinski definition) is 2. The van der Waals surface area contributed by atoms with Crippen LogP contribution in [0.15, 0.2) is 18.2 Å². The number of rotatable bonds is 4. The molecule has 1 saturated heterocycles. The number of fused-ring (bicyclic) bond motifs is 1. The molecule has 2 aliphatic rings. The van der Waals surface area contributed by atoms with E-state index >= 15 is 0 Å². The van der Waals surface area contributed by atoms with Gasteiger partial charge in [0.2, 0.25) is 0 Å². The predicted molar refractivity (Wildman–Crippen MR) is 84.2 cm³/mol. The Labute approximate surface area is 139 Å². The Bertz CT molecular complexity index is 666. The highest BCUT2D eigenvalue weighted by atomic mass is 19.1. The first-order valence-corrected chi connectivity index (χ1v) is 8.05. The molecule has 0 unspecified atom stereocenters. The van der Waals surface area contributed by atoms with E-state index in [1.165, 1.54) is 13.2 Å². The van der Waals surface area contributed by atoms with Crippen molar-refractivity contribution in [1.82, 2.24) is 10.2 Å². The molecule has 130 valence electrons. The van der Waals surface area contributed by atoms with Crippen molar-refractivity contribution in [2.75, 3.05) is 20.2 Å². The molecule has 6 nitrogen and oxygen atoms in total. The van der Waals surface area contributed by atoms with Crippen molar-refractivity contribution in [2.24, 2.45) is 11.3 Å². The molecule has 0 aromatic heterocycles. The lowest BCUT2D eigenvalue weighted by atomic mass is 9.81. The monoisotopic (exact) mass is 336 g/mol. The fourth-order valence-corrected chi connectivity index (χ4v) is 3.87. The molecule has 0 spiro atoms. The van der Waals surface area contributed by atoms with Crippen LogP contribution in [0.2, 0.25) is 0 Å². The van der Waals surface area contributed by atoms with Crippen LogP contribution in [-0.2, 0) is 11.3 Å².